The van der Waals surface area contributed by atoms with Gasteiger partial charge in [0.15, 0.2) is 0 Å². The van der Waals surface area contributed by atoms with Crippen LogP contribution in [0.25, 0.3) is 121 Å². The first-order valence-corrected chi connectivity index (χ1v) is 19.5. The van der Waals surface area contributed by atoms with Gasteiger partial charge in [-0.3, -0.25) is 9.97 Å². The van der Waals surface area contributed by atoms with E-state index < -0.39 is 0 Å². The highest BCUT2D eigenvalue weighted by atomic mass is 14.8. The minimum Gasteiger partial charge on any atom is -0.264 e. The van der Waals surface area contributed by atoms with Gasteiger partial charge in [-0.15, -0.1) is 0 Å². The quantitative estimate of drug-likeness (QED) is 0.133. The van der Waals surface area contributed by atoms with Gasteiger partial charge >= 0.3 is 0 Å². The SMILES string of the molecule is c1cc(-c2ccc3ccc(-c4ccc5nc(-c6c7ccccc7c(-c7ccc8ccc9cccnc9c8n7)c7ccccc67)ccc5c4)cc3n2)c2cnccc2c1. The molecule has 0 bridgehead atoms. The van der Waals surface area contributed by atoms with Gasteiger partial charge in [0.05, 0.1) is 39.1 Å². The largest absolute Gasteiger partial charge is 0.264 e. The topological polar surface area (TPSA) is 64.5 Å². The van der Waals surface area contributed by atoms with E-state index in [2.05, 4.69) is 163 Å². The molecule has 0 fully saturated rings. The summed E-state index contributed by atoms with van der Waals surface area (Å²) in [7, 11) is 0. The first-order valence-electron chi connectivity index (χ1n) is 19.5. The summed E-state index contributed by atoms with van der Waals surface area (Å²) in [4.78, 5) is 24.9. The number of hydrogen-bond acceptors (Lipinski definition) is 5. The fraction of sp³-hybridized carbons (Fsp3) is 0. The van der Waals surface area contributed by atoms with Crippen molar-refractivity contribution in [2.75, 3.05) is 0 Å². The Bertz CT molecular complexity index is 3590. The van der Waals surface area contributed by atoms with E-state index in [0.29, 0.717) is 0 Å². The Morgan fingerprint density at radius 1 is 0.328 bits per heavy atom. The molecule has 5 heteroatoms. The molecule has 5 aromatic heterocycles. The molecular weight excluding hydrogens is 707 g/mol. The van der Waals surface area contributed by atoms with Gasteiger partial charge in [-0.25, -0.2) is 15.0 Å². The monoisotopic (exact) mass is 737 g/mol. The summed E-state index contributed by atoms with van der Waals surface area (Å²) >= 11 is 0. The first kappa shape index (κ1) is 32.4. The van der Waals surface area contributed by atoms with Crippen molar-refractivity contribution in [3.8, 4) is 44.9 Å². The molecule has 5 heterocycles. The standard InChI is InChI=1S/C53H31N5/c1-3-11-42-40(9-1)50(41-10-2-4-12-43(41)51(42)48-24-19-35-16-15-34-8-6-27-55-52(34)53(35)58-48)47-25-21-38-29-36(20-22-45(38)56-47)37-17-14-33-18-23-46(57-49(33)30-37)39-13-5-7-32-26-28-54-31-44(32)39/h1-31H. The molecule has 0 saturated heterocycles. The minimum absolute atomic E-state index is 0.909. The first-order chi connectivity index (χ1) is 28.7. The molecular formula is C53H31N5. The van der Waals surface area contributed by atoms with Gasteiger partial charge in [0.2, 0.25) is 0 Å². The number of benzene rings is 7. The van der Waals surface area contributed by atoms with Crippen LogP contribution in [0.1, 0.15) is 0 Å². The van der Waals surface area contributed by atoms with Crippen LogP contribution in [-0.2, 0) is 0 Å². The van der Waals surface area contributed by atoms with E-state index in [9.17, 15) is 0 Å². The van der Waals surface area contributed by atoms with E-state index in [1.54, 1.807) is 0 Å². The zero-order chi connectivity index (χ0) is 38.2. The van der Waals surface area contributed by atoms with Gasteiger partial charge in [-0.1, -0.05) is 121 Å². The smallest absolute Gasteiger partial charge is 0.0972 e. The summed E-state index contributed by atoms with van der Waals surface area (Å²) in [6, 6.07) is 60.0. The second kappa shape index (κ2) is 12.8. The Kier molecular flexibility index (Phi) is 7.16. The van der Waals surface area contributed by atoms with E-state index in [1.165, 1.54) is 0 Å². The summed E-state index contributed by atoms with van der Waals surface area (Å²) in [5, 5.41) is 11.1. The fourth-order valence-electron chi connectivity index (χ4n) is 8.77. The normalized spacial score (nSPS) is 11.8. The molecule has 0 aliphatic carbocycles. The Labute approximate surface area is 333 Å². The highest BCUT2D eigenvalue weighted by Crippen LogP contribution is 2.43. The third kappa shape index (κ3) is 5.14. The van der Waals surface area contributed by atoms with Crippen molar-refractivity contribution in [2.45, 2.75) is 0 Å². The zero-order valence-corrected chi connectivity index (χ0v) is 31.1. The Morgan fingerprint density at radius 2 is 0.931 bits per heavy atom. The van der Waals surface area contributed by atoms with Crippen LogP contribution in [0.3, 0.4) is 0 Å². The molecule has 0 amide bonds. The second-order valence-corrected chi connectivity index (χ2v) is 14.9. The van der Waals surface area contributed by atoms with Crippen molar-refractivity contribution in [1.29, 1.82) is 0 Å². The molecule has 12 rings (SSSR count). The van der Waals surface area contributed by atoms with E-state index in [1.807, 2.05) is 30.7 Å². The van der Waals surface area contributed by atoms with Crippen molar-refractivity contribution in [1.82, 2.24) is 24.9 Å². The lowest BCUT2D eigenvalue weighted by atomic mass is 9.88. The average molecular weight is 738 g/mol. The molecule has 0 radical (unpaired) electrons. The highest BCUT2D eigenvalue weighted by Gasteiger charge is 2.19. The molecule has 0 aliphatic rings. The molecule has 0 unspecified atom stereocenters. The summed E-state index contributed by atoms with van der Waals surface area (Å²) in [6.45, 7) is 0. The maximum Gasteiger partial charge on any atom is 0.0972 e. The molecule has 0 aliphatic heterocycles. The van der Waals surface area contributed by atoms with Crippen LogP contribution in [-0.4, -0.2) is 24.9 Å². The lowest BCUT2D eigenvalue weighted by Crippen LogP contribution is -1.95. The zero-order valence-electron chi connectivity index (χ0n) is 31.1. The molecule has 0 saturated carbocycles. The van der Waals surface area contributed by atoms with Crippen molar-refractivity contribution in [3.63, 3.8) is 0 Å². The predicted octanol–water partition coefficient (Wildman–Crippen LogP) is 13.4. The molecule has 5 nitrogen and oxygen atoms in total. The fourth-order valence-corrected chi connectivity index (χ4v) is 8.77. The Balaban J connectivity index is 0.966. The number of fused-ring (bicyclic) bond motifs is 8. The van der Waals surface area contributed by atoms with Gasteiger partial charge in [0, 0.05) is 62.2 Å². The van der Waals surface area contributed by atoms with E-state index in [0.717, 1.165) is 121 Å². The van der Waals surface area contributed by atoms with E-state index >= 15 is 0 Å². The van der Waals surface area contributed by atoms with Crippen molar-refractivity contribution >= 4 is 75.9 Å². The summed E-state index contributed by atoms with van der Waals surface area (Å²) in [5.41, 5.74) is 12.1. The van der Waals surface area contributed by atoms with Crippen LogP contribution in [0, 0.1) is 0 Å². The molecule has 0 N–H and O–H groups in total. The molecule has 7 aromatic carbocycles. The van der Waals surface area contributed by atoms with Gasteiger partial charge in [0.1, 0.15) is 0 Å². The van der Waals surface area contributed by atoms with E-state index in [-0.39, 0.29) is 0 Å². The van der Waals surface area contributed by atoms with Crippen LogP contribution < -0.4 is 0 Å². The number of rotatable bonds is 4. The van der Waals surface area contributed by atoms with Crippen LogP contribution in [0.5, 0.6) is 0 Å². The van der Waals surface area contributed by atoms with Crippen LogP contribution in [0.2, 0.25) is 0 Å². The lowest BCUT2D eigenvalue weighted by Gasteiger charge is -2.17. The summed E-state index contributed by atoms with van der Waals surface area (Å²) in [6.07, 6.45) is 5.59. The number of aromatic nitrogens is 5. The summed E-state index contributed by atoms with van der Waals surface area (Å²) in [5.74, 6) is 0. The molecule has 268 valence electrons. The average Bonchev–Trinajstić information content (AvgIpc) is 3.29. The van der Waals surface area contributed by atoms with Crippen LogP contribution in [0.15, 0.2) is 188 Å². The molecule has 12 aromatic rings. The van der Waals surface area contributed by atoms with Crippen molar-refractivity contribution in [2.24, 2.45) is 0 Å². The highest BCUT2D eigenvalue weighted by molar-refractivity contribution is 6.21. The molecule has 58 heavy (non-hydrogen) atoms. The second-order valence-electron chi connectivity index (χ2n) is 14.9. The van der Waals surface area contributed by atoms with Crippen molar-refractivity contribution in [3.05, 3.63) is 188 Å². The number of nitrogens with zero attached hydrogens (tertiary/aromatic N) is 5. The molecule has 0 atom stereocenters. The van der Waals surface area contributed by atoms with Crippen molar-refractivity contribution < 1.29 is 0 Å². The third-order valence-electron chi connectivity index (χ3n) is 11.6. The predicted molar refractivity (Wildman–Crippen MR) is 240 cm³/mol. The lowest BCUT2D eigenvalue weighted by molar-refractivity contribution is 1.35. The maximum absolute atomic E-state index is 5.34. The summed E-state index contributed by atoms with van der Waals surface area (Å²) < 4.78 is 0. The Hall–Kier alpha value is -7.89. The van der Waals surface area contributed by atoms with Gasteiger partial charge < -0.3 is 0 Å². The molecule has 0 spiro atoms. The number of hydrogen-bond donors (Lipinski definition) is 0. The van der Waals surface area contributed by atoms with Gasteiger partial charge in [-0.05, 0) is 86.6 Å². The third-order valence-corrected chi connectivity index (χ3v) is 11.6. The van der Waals surface area contributed by atoms with Gasteiger partial charge in [-0.2, -0.15) is 0 Å². The van der Waals surface area contributed by atoms with Crippen LogP contribution >= 0.6 is 0 Å². The Morgan fingerprint density at radius 3 is 1.72 bits per heavy atom. The van der Waals surface area contributed by atoms with Crippen LogP contribution in [0.4, 0.5) is 0 Å². The number of pyridine rings is 5. The van der Waals surface area contributed by atoms with E-state index in [4.69, 9.17) is 19.9 Å². The maximum atomic E-state index is 5.34. The minimum atomic E-state index is 0.909. The van der Waals surface area contributed by atoms with Gasteiger partial charge in [0.25, 0.3) is 0 Å².